The normalized spacial score (nSPS) is 16.9. The zero-order chi connectivity index (χ0) is 19.0. The molecule has 0 radical (unpaired) electrons. The monoisotopic (exact) mass is 372 g/mol. The van der Waals surface area contributed by atoms with Crippen molar-refractivity contribution >= 4 is 6.09 Å². The van der Waals surface area contributed by atoms with Gasteiger partial charge in [-0.05, 0) is 57.4 Å². The number of nitrogens with one attached hydrogen (secondary N) is 1. The van der Waals surface area contributed by atoms with Gasteiger partial charge in [-0.1, -0.05) is 5.16 Å². The quantitative estimate of drug-likeness (QED) is 0.794. The summed E-state index contributed by atoms with van der Waals surface area (Å²) in [6.45, 7) is 5.91. The van der Waals surface area contributed by atoms with Gasteiger partial charge in [-0.2, -0.15) is 9.97 Å². The highest BCUT2D eigenvalue weighted by Crippen LogP contribution is 2.44. The topological polar surface area (TPSA) is 99.4 Å². The van der Waals surface area contributed by atoms with E-state index in [4.69, 9.17) is 14.0 Å². The van der Waals surface area contributed by atoms with Gasteiger partial charge in [0.05, 0.1) is 6.61 Å². The van der Waals surface area contributed by atoms with Gasteiger partial charge < -0.3 is 19.3 Å². The molecule has 2 aromatic heterocycles. The summed E-state index contributed by atoms with van der Waals surface area (Å²) in [5.74, 6) is 2.75. The van der Waals surface area contributed by atoms with Crippen molar-refractivity contribution in [3.05, 3.63) is 29.4 Å². The highest BCUT2D eigenvalue weighted by atomic mass is 16.6. The van der Waals surface area contributed by atoms with E-state index in [1.54, 1.807) is 26.8 Å². The van der Waals surface area contributed by atoms with Crippen molar-refractivity contribution in [2.24, 2.45) is 5.92 Å². The number of amides is 1. The summed E-state index contributed by atoms with van der Waals surface area (Å²) in [5.41, 5.74) is 0.264. The van der Waals surface area contributed by atoms with Crippen LogP contribution in [0.3, 0.4) is 0 Å². The minimum Gasteiger partial charge on any atom is -0.477 e. The van der Waals surface area contributed by atoms with Crippen LogP contribution in [0.5, 0.6) is 11.8 Å². The largest absolute Gasteiger partial charge is 0.477 e. The summed E-state index contributed by atoms with van der Waals surface area (Å²) in [5, 5.41) is 6.59. The first-order chi connectivity index (χ1) is 12.9. The third-order valence-electron chi connectivity index (χ3n) is 4.73. The summed E-state index contributed by atoms with van der Waals surface area (Å²) in [7, 11) is 0. The zero-order valence-corrected chi connectivity index (χ0v) is 15.8. The Balaban J connectivity index is 1.43. The molecule has 0 unspecified atom stereocenters. The standard InChI is InChI=1S/C19H24N4O4/c1-11-20-17(23-27-11)19(2,3)22-18(24)26-15-9-8-14(13-6-7-13)16(21-15)25-10-12-4-5-12/h8-9,12-13H,4-7,10H2,1-3H3,(H,22,24). The average Bonchev–Trinajstić information content (AvgIpc) is 3.52. The van der Waals surface area contributed by atoms with E-state index in [0.29, 0.717) is 36.0 Å². The molecule has 1 N–H and O–H groups in total. The smallest absolute Gasteiger partial charge is 0.414 e. The van der Waals surface area contributed by atoms with E-state index in [0.717, 1.165) is 18.4 Å². The van der Waals surface area contributed by atoms with Crippen molar-refractivity contribution in [2.75, 3.05) is 6.61 Å². The molecular formula is C19H24N4O4. The fraction of sp³-hybridized carbons (Fsp3) is 0.579. The molecule has 0 bridgehead atoms. The second-order valence-corrected chi connectivity index (χ2v) is 7.85. The van der Waals surface area contributed by atoms with Crippen molar-refractivity contribution in [3.8, 4) is 11.8 Å². The summed E-state index contributed by atoms with van der Waals surface area (Å²) in [6, 6.07) is 3.66. The maximum atomic E-state index is 12.3. The molecule has 0 spiro atoms. The van der Waals surface area contributed by atoms with Crippen LogP contribution in [0.25, 0.3) is 0 Å². The number of ether oxygens (including phenoxy) is 2. The van der Waals surface area contributed by atoms with Gasteiger partial charge in [-0.15, -0.1) is 0 Å². The minimum atomic E-state index is -0.839. The van der Waals surface area contributed by atoms with Crippen LogP contribution in [0.1, 0.15) is 62.7 Å². The molecule has 8 nitrogen and oxygen atoms in total. The van der Waals surface area contributed by atoms with E-state index >= 15 is 0 Å². The molecule has 8 heteroatoms. The average molecular weight is 372 g/mol. The number of aryl methyl sites for hydroxylation is 1. The van der Waals surface area contributed by atoms with Crippen LogP contribution >= 0.6 is 0 Å². The number of rotatable bonds is 7. The van der Waals surface area contributed by atoms with Gasteiger partial charge in [0.1, 0.15) is 5.54 Å². The first-order valence-electron chi connectivity index (χ1n) is 9.35. The molecule has 2 fully saturated rings. The Morgan fingerprint density at radius 1 is 1.26 bits per heavy atom. The first-order valence-corrected chi connectivity index (χ1v) is 9.35. The molecular weight excluding hydrogens is 348 g/mol. The molecule has 1 amide bonds. The molecule has 2 aromatic rings. The number of nitrogens with zero attached hydrogens (tertiary/aromatic N) is 3. The van der Waals surface area contributed by atoms with E-state index in [9.17, 15) is 4.79 Å². The Hall–Kier alpha value is -2.64. The Bertz CT molecular complexity index is 840. The zero-order valence-electron chi connectivity index (χ0n) is 15.8. The van der Waals surface area contributed by atoms with Crippen molar-refractivity contribution in [1.29, 1.82) is 0 Å². The Labute approximate surface area is 157 Å². The van der Waals surface area contributed by atoms with Crippen molar-refractivity contribution in [2.45, 2.75) is 57.9 Å². The highest BCUT2D eigenvalue weighted by Gasteiger charge is 2.31. The molecule has 0 saturated heterocycles. The number of pyridine rings is 1. The van der Waals surface area contributed by atoms with Crippen molar-refractivity contribution < 1.29 is 18.8 Å². The van der Waals surface area contributed by atoms with Crippen LogP contribution in [-0.4, -0.2) is 27.8 Å². The molecule has 144 valence electrons. The lowest BCUT2D eigenvalue weighted by Crippen LogP contribution is -2.43. The van der Waals surface area contributed by atoms with Gasteiger partial charge in [0.15, 0.2) is 5.82 Å². The van der Waals surface area contributed by atoms with Crippen LogP contribution in [0.15, 0.2) is 16.7 Å². The van der Waals surface area contributed by atoms with Crippen molar-refractivity contribution in [3.63, 3.8) is 0 Å². The molecule has 2 saturated carbocycles. The minimum absolute atomic E-state index is 0.211. The Kier molecular flexibility index (Phi) is 4.49. The molecule has 0 aliphatic heterocycles. The molecule has 0 aromatic carbocycles. The number of aromatic nitrogens is 3. The second kappa shape index (κ2) is 6.83. The summed E-state index contributed by atoms with van der Waals surface area (Å²) in [6.07, 6.45) is 4.09. The molecule has 2 aliphatic carbocycles. The van der Waals surface area contributed by atoms with Gasteiger partial charge >= 0.3 is 6.09 Å². The maximum Gasteiger partial charge on any atom is 0.414 e. The maximum absolute atomic E-state index is 12.3. The SMILES string of the molecule is Cc1nc(C(C)(C)NC(=O)Oc2ccc(C3CC3)c(OCC3CC3)n2)no1. The second-order valence-electron chi connectivity index (χ2n) is 7.85. The summed E-state index contributed by atoms with van der Waals surface area (Å²) >= 11 is 0. The van der Waals surface area contributed by atoms with Crippen LogP contribution in [0, 0.1) is 12.8 Å². The first kappa shape index (κ1) is 17.8. The third-order valence-corrected chi connectivity index (χ3v) is 4.73. The van der Waals surface area contributed by atoms with Gasteiger partial charge in [0.25, 0.3) is 0 Å². The molecule has 0 atom stereocenters. The van der Waals surface area contributed by atoms with Crippen LogP contribution in [0.2, 0.25) is 0 Å². The number of carbonyl (C=O) groups excluding carboxylic acids is 1. The molecule has 2 heterocycles. The molecule has 4 rings (SSSR count). The third kappa shape index (κ3) is 4.37. The van der Waals surface area contributed by atoms with Gasteiger partial charge in [0.2, 0.25) is 17.7 Å². The van der Waals surface area contributed by atoms with E-state index in [2.05, 4.69) is 20.4 Å². The summed E-state index contributed by atoms with van der Waals surface area (Å²) < 4.78 is 16.2. The van der Waals surface area contributed by atoms with Crippen LogP contribution < -0.4 is 14.8 Å². The van der Waals surface area contributed by atoms with E-state index < -0.39 is 11.6 Å². The van der Waals surface area contributed by atoms with E-state index in [1.165, 1.54) is 12.8 Å². The predicted molar refractivity (Wildman–Crippen MR) is 95.7 cm³/mol. The fourth-order valence-electron chi connectivity index (χ4n) is 2.78. The number of hydrogen-bond acceptors (Lipinski definition) is 7. The lowest BCUT2D eigenvalue weighted by molar-refractivity contribution is 0.183. The Morgan fingerprint density at radius 2 is 2.04 bits per heavy atom. The van der Waals surface area contributed by atoms with E-state index in [-0.39, 0.29) is 5.88 Å². The molecule has 27 heavy (non-hydrogen) atoms. The fourth-order valence-corrected chi connectivity index (χ4v) is 2.78. The van der Waals surface area contributed by atoms with Gasteiger partial charge in [-0.25, -0.2) is 4.79 Å². The number of carbonyl (C=O) groups is 1. The highest BCUT2D eigenvalue weighted by molar-refractivity contribution is 5.71. The van der Waals surface area contributed by atoms with Crippen molar-refractivity contribution in [1.82, 2.24) is 20.4 Å². The lowest BCUT2D eigenvalue weighted by Gasteiger charge is -2.21. The van der Waals surface area contributed by atoms with Gasteiger partial charge in [-0.3, -0.25) is 0 Å². The lowest BCUT2D eigenvalue weighted by atomic mass is 10.1. The summed E-state index contributed by atoms with van der Waals surface area (Å²) in [4.78, 5) is 20.9. The van der Waals surface area contributed by atoms with E-state index in [1.807, 2.05) is 6.07 Å². The van der Waals surface area contributed by atoms with Crippen LogP contribution in [-0.2, 0) is 5.54 Å². The molecule has 2 aliphatic rings. The predicted octanol–water partition coefficient (Wildman–Crippen LogP) is 3.46. The van der Waals surface area contributed by atoms with Crippen LogP contribution in [0.4, 0.5) is 4.79 Å². The number of hydrogen-bond donors (Lipinski definition) is 1. The van der Waals surface area contributed by atoms with Gasteiger partial charge in [0, 0.05) is 18.6 Å². The Morgan fingerprint density at radius 3 is 2.67 bits per heavy atom.